The molecule has 0 fully saturated rings. The zero-order valence-electron chi connectivity index (χ0n) is 52.7. The van der Waals surface area contributed by atoms with Gasteiger partial charge < -0.3 is 14.2 Å². The first-order chi connectivity index (χ1) is 38.5. The predicted octanol–water partition coefficient (Wildman–Crippen LogP) is 23.9. The lowest BCUT2D eigenvalue weighted by Crippen LogP contribution is -2.30. The number of unbranched alkanes of at least 4 members (excludes halogenated alkanes) is 48. The average Bonchev–Trinajstić information content (AvgIpc) is 3.44. The van der Waals surface area contributed by atoms with Gasteiger partial charge in [-0.3, -0.25) is 14.4 Å². The number of carbonyl (C=O) groups is 3. The van der Waals surface area contributed by atoms with Gasteiger partial charge in [-0.25, -0.2) is 0 Å². The van der Waals surface area contributed by atoms with E-state index in [1.165, 1.54) is 283 Å². The fourth-order valence-electron chi connectivity index (χ4n) is 10.6. The van der Waals surface area contributed by atoms with Crippen molar-refractivity contribution >= 4 is 17.9 Å². The van der Waals surface area contributed by atoms with Gasteiger partial charge in [0.05, 0.1) is 0 Å². The molecule has 0 spiro atoms. The number of ether oxygens (including phenoxy) is 3. The van der Waals surface area contributed by atoms with Gasteiger partial charge in [0.1, 0.15) is 13.2 Å². The summed E-state index contributed by atoms with van der Waals surface area (Å²) < 4.78 is 17.0. The van der Waals surface area contributed by atoms with E-state index in [1.807, 2.05) is 0 Å². The molecular formula is C72H134O6. The Hall–Kier alpha value is -2.37. The Morgan fingerprint density at radius 2 is 0.462 bits per heavy atom. The molecule has 0 aromatic carbocycles. The molecule has 0 saturated carbocycles. The lowest BCUT2D eigenvalue weighted by Gasteiger charge is -2.18. The molecule has 6 heteroatoms. The fraction of sp³-hybridized carbons (Fsp3) is 0.875. The van der Waals surface area contributed by atoms with Crippen LogP contribution < -0.4 is 0 Å². The Morgan fingerprint density at radius 1 is 0.256 bits per heavy atom. The molecular weight excluding hydrogens is 961 g/mol. The summed E-state index contributed by atoms with van der Waals surface area (Å²) in [6, 6.07) is 0. The maximum absolute atomic E-state index is 12.9. The normalized spacial score (nSPS) is 12.2. The molecule has 0 bridgehead atoms. The number of hydrogen-bond acceptors (Lipinski definition) is 6. The van der Waals surface area contributed by atoms with Crippen molar-refractivity contribution in [3.05, 3.63) is 36.5 Å². The van der Waals surface area contributed by atoms with Gasteiger partial charge in [0, 0.05) is 19.3 Å². The molecule has 1 atom stereocenters. The predicted molar refractivity (Wildman–Crippen MR) is 339 cm³/mol. The molecule has 6 nitrogen and oxygen atoms in total. The Balaban J connectivity index is 4.31. The van der Waals surface area contributed by atoms with Crippen molar-refractivity contribution in [2.24, 2.45) is 0 Å². The van der Waals surface area contributed by atoms with Gasteiger partial charge in [0.25, 0.3) is 0 Å². The number of carbonyl (C=O) groups excluding carboxylic acids is 3. The molecule has 0 aromatic rings. The van der Waals surface area contributed by atoms with Crippen molar-refractivity contribution in [2.75, 3.05) is 13.2 Å². The number of rotatable bonds is 65. The SMILES string of the molecule is CCCCC/C=C\C/C=C\CCCCCCCCCCCC(=O)OC(COC(=O)CCCCCCCCCCCCC/C=C\CCCCCCCCCC)COC(=O)CCCCCCCCCCCCCCCCCCCC. The van der Waals surface area contributed by atoms with Gasteiger partial charge in [-0.1, -0.05) is 327 Å². The van der Waals surface area contributed by atoms with E-state index in [0.29, 0.717) is 19.3 Å². The molecule has 1 unspecified atom stereocenters. The van der Waals surface area contributed by atoms with Crippen molar-refractivity contribution in [3.63, 3.8) is 0 Å². The first-order valence-electron chi connectivity index (χ1n) is 35.0. The van der Waals surface area contributed by atoms with E-state index >= 15 is 0 Å². The summed E-state index contributed by atoms with van der Waals surface area (Å²) in [5.74, 6) is -0.844. The summed E-state index contributed by atoms with van der Waals surface area (Å²) >= 11 is 0. The van der Waals surface area contributed by atoms with Crippen LogP contribution >= 0.6 is 0 Å². The standard InChI is InChI=1S/C72H134O6/c1-4-7-10-13-16-19-22-25-28-31-34-35-36-37-39-41-44-47-50-53-56-59-62-65-71(74)77-68-69(67-76-70(73)64-61-58-55-52-49-46-43-40-33-30-27-24-21-18-15-12-9-6-3)78-72(75)66-63-60-57-54-51-48-45-42-38-32-29-26-23-20-17-14-11-8-5-2/h17,20,26,29,31,34,69H,4-16,18-19,21-25,27-28,30,32-33,35-68H2,1-3H3/b20-17-,29-26-,34-31-. The minimum absolute atomic E-state index is 0.0689. The second kappa shape index (κ2) is 67.1. The van der Waals surface area contributed by atoms with E-state index in [1.54, 1.807) is 0 Å². The molecule has 0 aromatic heterocycles. The highest BCUT2D eigenvalue weighted by atomic mass is 16.6. The third-order valence-electron chi connectivity index (χ3n) is 15.9. The molecule has 0 aliphatic heterocycles. The topological polar surface area (TPSA) is 78.9 Å². The van der Waals surface area contributed by atoms with Gasteiger partial charge in [-0.2, -0.15) is 0 Å². The van der Waals surface area contributed by atoms with E-state index in [2.05, 4.69) is 57.2 Å². The summed E-state index contributed by atoms with van der Waals surface area (Å²) in [5.41, 5.74) is 0. The van der Waals surface area contributed by atoms with Gasteiger partial charge in [-0.15, -0.1) is 0 Å². The molecule has 0 N–H and O–H groups in total. The van der Waals surface area contributed by atoms with E-state index < -0.39 is 6.10 Å². The van der Waals surface area contributed by atoms with Crippen LogP contribution in [0.3, 0.4) is 0 Å². The van der Waals surface area contributed by atoms with Crippen LogP contribution in [0.25, 0.3) is 0 Å². The van der Waals surface area contributed by atoms with E-state index in [-0.39, 0.29) is 31.1 Å². The molecule has 0 heterocycles. The van der Waals surface area contributed by atoms with Crippen molar-refractivity contribution in [3.8, 4) is 0 Å². The van der Waals surface area contributed by atoms with Crippen molar-refractivity contribution in [1.29, 1.82) is 0 Å². The van der Waals surface area contributed by atoms with Crippen LogP contribution in [0.4, 0.5) is 0 Å². The lowest BCUT2D eigenvalue weighted by atomic mass is 10.0. The Labute approximate surface area is 486 Å². The second-order valence-corrected chi connectivity index (χ2v) is 23.8. The largest absolute Gasteiger partial charge is 0.462 e. The third-order valence-corrected chi connectivity index (χ3v) is 15.9. The molecule has 458 valence electrons. The minimum atomic E-state index is -0.774. The summed E-state index contributed by atoms with van der Waals surface area (Å²) in [7, 11) is 0. The summed E-state index contributed by atoms with van der Waals surface area (Å²) in [6.45, 7) is 6.69. The first kappa shape index (κ1) is 75.6. The quantitative estimate of drug-likeness (QED) is 0.0261. The van der Waals surface area contributed by atoms with Gasteiger partial charge >= 0.3 is 17.9 Å². The zero-order chi connectivity index (χ0) is 56.4. The highest BCUT2D eigenvalue weighted by Gasteiger charge is 2.19. The third kappa shape index (κ3) is 64.5. The van der Waals surface area contributed by atoms with Gasteiger partial charge in [0.2, 0.25) is 0 Å². The molecule has 0 aliphatic rings. The molecule has 0 rings (SSSR count). The van der Waals surface area contributed by atoms with Gasteiger partial charge in [0.15, 0.2) is 6.10 Å². The molecule has 0 aliphatic carbocycles. The average molecular weight is 1100 g/mol. The number of hydrogen-bond donors (Lipinski definition) is 0. The monoisotopic (exact) mass is 1100 g/mol. The summed E-state index contributed by atoms with van der Waals surface area (Å²) in [4.78, 5) is 38.5. The Kier molecular flexibility index (Phi) is 65.1. The van der Waals surface area contributed by atoms with Crippen LogP contribution in [-0.2, 0) is 28.6 Å². The maximum atomic E-state index is 12.9. The number of esters is 3. The van der Waals surface area contributed by atoms with Crippen LogP contribution in [0.5, 0.6) is 0 Å². The highest BCUT2D eigenvalue weighted by molar-refractivity contribution is 5.71. The Bertz CT molecular complexity index is 1300. The van der Waals surface area contributed by atoms with Crippen LogP contribution in [0, 0.1) is 0 Å². The molecule has 78 heavy (non-hydrogen) atoms. The van der Waals surface area contributed by atoms with E-state index in [4.69, 9.17) is 14.2 Å². The van der Waals surface area contributed by atoms with Crippen molar-refractivity contribution < 1.29 is 28.6 Å². The smallest absolute Gasteiger partial charge is 0.306 e. The van der Waals surface area contributed by atoms with E-state index in [0.717, 1.165) is 64.2 Å². The van der Waals surface area contributed by atoms with Gasteiger partial charge in [-0.05, 0) is 77.0 Å². The van der Waals surface area contributed by atoms with Crippen molar-refractivity contribution in [1.82, 2.24) is 0 Å². The number of allylic oxidation sites excluding steroid dienone is 6. The summed E-state index contributed by atoms with van der Waals surface area (Å²) in [5, 5.41) is 0. The fourth-order valence-corrected chi connectivity index (χ4v) is 10.6. The lowest BCUT2D eigenvalue weighted by molar-refractivity contribution is -0.167. The second-order valence-electron chi connectivity index (χ2n) is 23.8. The first-order valence-corrected chi connectivity index (χ1v) is 35.0. The van der Waals surface area contributed by atoms with Crippen molar-refractivity contribution in [2.45, 2.75) is 393 Å². The zero-order valence-corrected chi connectivity index (χ0v) is 52.7. The highest BCUT2D eigenvalue weighted by Crippen LogP contribution is 2.18. The van der Waals surface area contributed by atoms with Crippen LogP contribution in [0.2, 0.25) is 0 Å². The van der Waals surface area contributed by atoms with E-state index in [9.17, 15) is 14.4 Å². The van der Waals surface area contributed by atoms with Crippen LogP contribution in [-0.4, -0.2) is 37.2 Å². The Morgan fingerprint density at radius 3 is 0.744 bits per heavy atom. The molecule has 0 amide bonds. The van der Waals surface area contributed by atoms with Crippen LogP contribution in [0.15, 0.2) is 36.5 Å². The molecule has 0 radical (unpaired) electrons. The minimum Gasteiger partial charge on any atom is -0.462 e. The molecule has 0 saturated heterocycles. The maximum Gasteiger partial charge on any atom is 0.306 e. The summed E-state index contributed by atoms with van der Waals surface area (Å²) in [6.07, 6.45) is 83.0. The van der Waals surface area contributed by atoms with Crippen LogP contribution in [0.1, 0.15) is 387 Å².